The summed E-state index contributed by atoms with van der Waals surface area (Å²) in [6.07, 6.45) is 0. The van der Waals surface area contributed by atoms with Gasteiger partial charge >= 0.3 is 0 Å². The highest BCUT2D eigenvalue weighted by molar-refractivity contribution is 7.13. The molecule has 0 unspecified atom stereocenters. The number of carbonyl (C=O) groups excluding carboxylic acids is 1. The van der Waals surface area contributed by atoms with E-state index in [1.54, 1.807) is 5.38 Å². The highest BCUT2D eigenvalue weighted by atomic mass is 35.5. The Bertz CT molecular complexity index is 903. The van der Waals surface area contributed by atoms with Gasteiger partial charge in [0, 0.05) is 41.4 Å². The van der Waals surface area contributed by atoms with E-state index < -0.39 is 0 Å². The van der Waals surface area contributed by atoms with Gasteiger partial charge in [-0.3, -0.25) is 4.79 Å². The molecule has 1 heterocycles. The Morgan fingerprint density at radius 3 is 2.52 bits per heavy atom. The Balaban J connectivity index is 1.77. The van der Waals surface area contributed by atoms with E-state index in [0.29, 0.717) is 10.7 Å². The van der Waals surface area contributed by atoms with Gasteiger partial charge in [0.1, 0.15) is 10.7 Å². The van der Waals surface area contributed by atoms with E-state index in [1.807, 2.05) is 68.4 Å². The number of hydrogen-bond acceptors (Lipinski definition) is 4. The lowest BCUT2D eigenvalue weighted by atomic mass is 10.1. The molecule has 0 bridgehead atoms. The number of nitrogens with zero attached hydrogens (tertiary/aromatic N) is 2. The van der Waals surface area contributed by atoms with E-state index in [2.05, 4.69) is 10.3 Å². The smallest absolute Gasteiger partial charge is 0.275 e. The van der Waals surface area contributed by atoms with Crippen LogP contribution in [-0.4, -0.2) is 25.0 Å². The molecule has 1 N–H and O–H groups in total. The SMILES string of the molecule is Cc1cc(N(C)C)ccc1NC(=O)c1csc(-c2ccc(Cl)cc2)n1. The minimum Gasteiger partial charge on any atom is -0.378 e. The van der Waals surface area contributed by atoms with Crippen molar-refractivity contribution in [2.75, 3.05) is 24.3 Å². The Labute approximate surface area is 156 Å². The second-order valence-electron chi connectivity index (χ2n) is 5.89. The van der Waals surface area contributed by atoms with Gasteiger partial charge in [-0.05, 0) is 42.8 Å². The first-order chi connectivity index (χ1) is 11.9. The fourth-order valence-corrected chi connectivity index (χ4v) is 3.29. The van der Waals surface area contributed by atoms with Crippen LogP contribution in [-0.2, 0) is 0 Å². The summed E-state index contributed by atoms with van der Waals surface area (Å²) in [5.74, 6) is -0.211. The van der Waals surface area contributed by atoms with Crippen LogP contribution in [0.2, 0.25) is 5.02 Å². The Morgan fingerprint density at radius 2 is 1.88 bits per heavy atom. The molecule has 25 heavy (non-hydrogen) atoms. The van der Waals surface area contributed by atoms with Gasteiger partial charge in [0.15, 0.2) is 0 Å². The maximum atomic E-state index is 12.5. The lowest BCUT2D eigenvalue weighted by Crippen LogP contribution is -2.14. The third kappa shape index (κ3) is 4.00. The van der Waals surface area contributed by atoms with Crippen molar-refractivity contribution in [1.82, 2.24) is 4.98 Å². The van der Waals surface area contributed by atoms with Crippen LogP contribution in [0, 0.1) is 6.92 Å². The van der Waals surface area contributed by atoms with Crippen molar-refractivity contribution >= 4 is 40.2 Å². The molecule has 0 aliphatic heterocycles. The standard InChI is InChI=1S/C19H18ClN3OS/c1-12-10-15(23(2)3)8-9-16(12)21-18(24)17-11-25-19(22-17)13-4-6-14(20)7-5-13/h4-11H,1-3H3,(H,21,24). The Morgan fingerprint density at radius 1 is 1.16 bits per heavy atom. The van der Waals surface area contributed by atoms with Crippen LogP contribution in [0.3, 0.4) is 0 Å². The van der Waals surface area contributed by atoms with Crippen LogP contribution in [0.15, 0.2) is 47.8 Å². The fourth-order valence-electron chi connectivity index (χ4n) is 2.36. The molecule has 4 nitrogen and oxygen atoms in total. The first-order valence-corrected chi connectivity index (χ1v) is 9.00. The fraction of sp³-hybridized carbons (Fsp3) is 0.158. The number of rotatable bonds is 4. The molecule has 6 heteroatoms. The predicted molar refractivity (Wildman–Crippen MR) is 106 cm³/mol. The molecule has 3 rings (SSSR count). The van der Waals surface area contributed by atoms with Crippen molar-refractivity contribution in [3.8, 4) is 10.6 Å². The summed E-state index contributed by atoms with van der Waals surface area (Å²) in [4.78, 5) is 18.9. The molecular weight excluding hydrogens is 354 g/mol. The van der Waals surface area contributed by atoms with Crippen LogP contribution in [0.5, 0.6) is 0 Å². The number of carbonyl (C=O) groups is 1. The van der Waals surface area contributed by atoms with Crippen molar-refractivity contribution < 1.29 is 4.79 Å². The maximum Gasteiger partial charge on any atom is 0.275 e. The summed E-state index contributed by atoms with van der Waals surface area (Å²) in [6.45, 7) is 1.98. The quantitative estimate of drug-likeness (QED) is 0.694. The monoisotopic (exact) mass is 371 g/mol. The van der Waals surface area contributed by atoms with Gasteiger partial charge in [0.05, 0.1) is 0 Å². The molecule has 0 fully saturated rings. The average Bonchev–Trinajstić information content (AvgIpc) is 3.07. The number of aryl methyl sites for hydroxylation is 1. The highest BCUT2D eigenvalue weighted by Crippen LogP contribution is 2.26. The minimum absolute atomic E-state index is 0.211. The predicted octanol–water partition coefficient (Wildman–Crippen LogP) is 5.09. The molecule has 0 spiro atoms. The molecule has 0 saturated carbocycles. The number of nitrogens with one attached hydrogen (secondary N) is 1. The molecule has 0 aliphatic carbocycles. The molecule has 128 valence electrons. The molecule has 3 aromatic rings. The van der Waals surface area contributed by atoms with Crippen molar-refractivity contribution in [2.45, 2.75) is 6.92 Å². The highest BCUT2D eigenvalue weighted by Gasteiger charge is 2.13. The average molecular weight is 372 g/mol. The topological polar surface area (TPSA) is 45.2 Å². The first kappa shape index (κ1) is 17.5. The molecular formula is C19H18ClN3OS. The largest absolute Gasteiger partial charge is 0.378 e. The van der Waals surface area contributed by atoms with E-state index in [9.17, 15) is 4.79 Å². The summed E-state index contributed by atoms with van der Waals surface area (Å²) < 4.78 is 0. The van der Waals surface area contributed by atoms with E-state index in [0.717, 1.165) is 27.5 Å². The number of halogens is 1. The third-order valence-corrected chi connectivity index (χ3v) is 4.95. The number of amides is 1. The Kier molecular flexibility index (Phi) is 5.06. The zero-order valence-corrected chi connectivity index (χ0v) is 15.8. The van der Waals surface area contributed by atoms with Gasteiger partial charge in [0.25, 0.3) is 5.91 Å². The van der Waals surface area contributed by atoms with E-state index >= 15 is 0 Å². The summed E-state index contributed by atoms with van der Waals surface area (Å²) in [5, 5.41) is 6.17. The first-order valence-electron chi connectivity index (χ1n) is 7.75. The molecule has 1 aromatic heterocycles. The van der Waals surface area contributed by atoms with E-state index in [1.165, 1.54) is 11.3 Å². The van der Waals surface area contributed by atoms with Crippen LogP contribution in [0.1, 0.15) is 16.1 Å². The van der Waals surface area contributed by atoms with Crippen molar-refractivity contribution in [1.29, 1.82) is 0 Å². The lowest BCUT2D eigenvalue weighted by molar-refractivity contribution is 0.102. The van der Waals surface area contributed by atoms with Crippen LogP contribution in [0.4, 0.5) is 11.4 Å². The van der Waals surface area contributed by atoms with E-state index in [4.69, 9.17) is 11.6 Å². The lowest BCUT2D eigenvalue weighted by Gasteiger charge is -2.15. The van der Waals surface area contributed by atoms with Crippen molar-refractivity contribution in [2.24, 2.45) is 0 Å². The molecule has 2 aromatic carbocycles. The van der Waals surface area contributed by atoms with Crippen LogP contribution >= 0.6 is 22.9 Å². The number of aromatic nitrogens is 1. The van der Waals surface area contributed by atoms with Gasteiger partial charge in [-0.2, -0.15) is 0 Å². The zero-order valence-electron chi connectivity index (χ0n) is 14.2. The number of benzene rings is 2. The minimum atomic E-state index is -0.211. The van der Waals surface area contributed by atoms with Crippen LogP contribution < -0.4 is 10.2 Å². The maximum absolute atomic E-state index is 12.5. The summed E-state index contributed by atoms with van der Waals surface area (Å²) in [7, 11) is 3.97. The number of hydrogen-bond donors (Lipinski definition) is 1. The normalized spacial score (nSPS) is 10.6. The summed E-state index contributed by atoms with van der Waals surface area (Å²) in [6, 6.07) is 13.3. The van der Waals surface area contributed by atoms with Crippen molar-refractivity contribution in [3.05, 3.63) is 64.1 Å². The van der Waals surface area contributed by atoms with Gasteiger partial charge in [-0.1, -0.05) is 23.7 Å². The van der Waals surface area contributed by atoms with E-state index in [-0.39, 0.29) is 5.91 Å². The zero-order chi connectivity index (χ0) is 18.0. The van der Waals surface area contributed by atoms with Crippen LogP contribution in [0.25, 0.3) is 10.6 Å². The molecule has 0 aliphatic rings. The number of thiazole rings is 1. The van der Waals surface area contributed by atoms with Gasteiger partial charge in [0.2, 0.25) is 0 Å². The summed E-state index contributed by atoms with van der Waals surface area (Å²) >= 11 is 7.34. The second-order valence-corrected chi connectivity index (χ2v) is 7.19. The van der Waals surface area contributed by atoms with Gasteiger partial charge in [-0.25, -0.2) is 4.98 Å². The van der Waals surface area contributed by atoms with Gasteiger partial charge < -0.3 is 10.2 Å². The molecule has 1 amide bonds. The molecule has 0 radical (unpaired) electrons. The molecule has 0 saturated heterocycles. The third-order valence-electron chi connectivity index (χ3n) is 3.80. The summed E-state index contributed by atoms with van der Waals surface area (Å²) in [5.41, 5.74) is 4.24. The van der Waals surface area contributed by atoms with Crippen molar-refractivity contribution in [3.63, 3.8) is 0 Å². The Hall–Kier alpha value is -2.37. The number of anilines is 2. The molecule has 0 atom stereocenters. The van der Waals surface area contributed by atoms with Gasteiger partial charge in [-0.15, -0.1) is 11.3 Å². The second kappa shape index (κ2) is 7.25.